The van der Waals surface area contributed by atoms with E-state index in [1.807, 2.05) is 0 Å². The van der Waals surface area contributed by atoms with Gasteiger partial charge in [-0.2, -0.15) is 0 Å². The van der Waals surface area contributed by atoms with Gasteiger partial charge in [0, 0.05) is 17.5 Å². The van der Waals surface area contributed by atoms with Crippen LogP contribution >= 0.6 is 0 Å². The van der Waals surface area contributed by atoms with Crippen molar-refractivity contribution >= 4 is 5.97 Å². The van der Waals surface area contributed by atoms with Gasteiger partial charge in [-0.15, -0.1) is 0 Å². The summed E-state index contributed by atoms with van der Waals surface area (Å²) in [5, 5.41) is 11.4. The quantitative estimate of drug-likeness (QED) is 0.184. The Morgan fingerprint density at radius 2 is 1.39 bits per heavy atom. The number of benzene rings is 1. The molecule has 0 aliphatic heterocycles. The van der Waals surface area contributed by atoms with Crippen molar-refractivity contribution in [3.05, 3.63) is 41.2 Å². The molecule has 176 valence electrons. The molecule has 1 aromatic rings. The third-order valence-corrected chi connectivity index (χ3v) is 6.34. The zero-order valence-corrected chi connectivity index (χ0v) is 21.2. The van der Waals surface area contributed by atoms with E-state index in [9.17, 15) is 9.90 Å². The van der Waals surface area contributed by atoms with Crippen molar-refractivity contribution in [1.29, 1.82) is 0 Å². The average molecular weight is 431 g/mol. The van der Waals surface area contributed by atoms with Gasteiger partial charge < -0.3 is 9.84 Å². The van der Waals surface area contributed by atoms with Gasteiger partial charge in [-0.1, -0.05) is 98.8 Å². The van der Waals surface area contributed by atoms with Crippen LogP contribution < -0.4 is 0 Å². The van der Waals surface area contributed by atoms with Crippen molar-refractivity contribution in [3.8, 4) is 5.75 Å². The van der Waals surface area contributed by atoms with Crippen LogP contribution in [0, 0.1) is 0 Å². The second kappa shape index (κ2) is 12.3. The highest BCUT2D eigenvalue weighted by Gasteiger charge is 2.31. The molecule has 0 spiro atoms. The van der Waals surface area contributed by atoms with Crippen LogP contribution in [0.15, 0.2) is 24.5 Å². The standard InChI is InChI=1S/C28H46O3/c1-9-11-13-17-27(5,6)23-19-22(15-16-25(29)31-21(3)4)20-24(26(23)30)28(7,8)18-14-12-10-2/h19-20,30H,3,9-18H2,1-2,4-8H3. The van der Waals surface area contributed by atoms with Gasteiger partial charge >= 0.3 is 5.97 Å². The fraction of sp³-hybridized carbons (Fsp3) is 0.679. The summed E-state index contributed by atoms with van der Waals surface area (Å²) in [5.41, 5.74) is 2.86. The van der Waals surface area contributed by atoms with E-state index >= 15 is 0 Å². The summed E-state index contributed by atoms with van der Waals surface area (Å²) in [5.74, 6) is 0.607. The molecule has 31 heavy (non-hydrogen) atoms. The van der Waals surface area contributed by atoms with Gasteiger partial charge in [0.15, 0.2) is 0 Å². The van der Waals surface area contributed by atoms with Crippen LogP contribution in [0.25, 0.3) is 0 Å². The minimum atomic E-state index is -0.256. The molecule has 0 saturated carbocycles. The molecule has 0 fully saturated rings. The average Bonchev–Trinajstić information content (AvgIpc) is 2.66. The van der Waals surface area contributed by atoms with E-state index in [-0.39, 0.29) is 16.8 Å². The molecule has 0 heterocycles. The Balaban J connectivity index is 3.31. The molecule has 3 heteroatoms. The first-order chi connectivity index (χ1) is 14.4. The molecule has 1 N–H and O–H groups in total. The zero-order valence-electron chi connectivity index (χ0n) is 21.2. The fourth-order valence-corrected chi connectivity index (χ4v) is 4.27. The summed E-state index contributed by atoms with van der Waals surface area (Å²) in [6, 6.07) is 4.22. The van der Waals surface area contributed by atoms with Gasteiger partial charge in [-0.05, 0) is 42.6 Å². The smallest absolute Gasteiger partial charge is 0.311 e. The number of rotatable bonds is 14. The normalized spacial score (nSPS) is 12.1. The Kier molecular flexibility index (Phi) is 10.8. The number of hydrogen-bond donors (Lipinski definition) is 1. The summed E-state index contributed by atoms with van der Waals surface area (Å²) in [6.07, 6.45) is 10.0. The maximum Gasteiger partial charge on any atom is 0.311 e. The van der Waals surface area contributed by atoms with E-state index < -0.39 is 0 Å². The van der Waals surface area contributed by atoms with E-state index in [4.69, 9.17) is 4.74 Å². The molecule has 1 rings (SSSR count). The number of allylic oxidation sites excluding steroid dienone is 1. The van der Waals surface area contributed by atoms with Gasteiger partial charge in [-0.25, -0.2) is 0 Å². The highest BCUT2D eigenvalue weighted by atomic mass is 16.5. The lowest BCUT2D eigenvalue weighted by Crippen LogP contribution is -2.23. The third kappa shape index (κ3) is 8.71. The van der Waals surface area contributed by atoms with Crippen LogP contribution in [-0.2, 0) is 26.8 Å². The number of phenolic OH excluding ortho intramolecular Hbond substituents is 1. The Morgan fingerprint density at radius 1 is 0.935 bits per heavy atom. The fourth-order valence-electron chi connectivity index (χ4n) is 4.27. The molecule has 0 unspecified atom stereocenters. The number of ether oxygens (including phenoxy) is 1. The lowest BCUT2D eigenvalue weighted by molar-refractivity contribution is -0.139. The van der Waals surface area contributed by atoms with Crippen LogP contribution in [0.1, 0.15) is 123 Å². The molecule has 0 saturated heterocycles. The first kappa shape index (κ1) is 27.3. The molecule has 0 atom stereocenters. The predicted octanol–water partition coefficient (Wildman–Crippen LogP) is 8.12. The number of aryl methyl sites for hydroxylation is 1. The van der Waals surface area contributed by atoms with Crippen molar-refractivity contribution in [2.45, 2.75) is 124 Å². The summed E-state index contributed by atoms with van der Waals surface area (Å²) in [6.45, 7) is 18.7. The van der Waals surface area contributed by atoms with Crippen molar-refractivity contribution in [3.63, 3.8) is 0 Å². The first-order valence-electron chi connectivity index (χ1n) is 12.2. The summed E-state index contributed by atoms with van der Waals surface area (Å²) < 4.78 is 5.14. The highest BCUT2D eigenvalue weighted by Crippen LogP contribution is 2.43. The molecule has 0 amide bonds. The predicted molar refractivity (Wildman–Crippen MR) is 132 cm³/mol. The number of aromatic hydroxyl groups is 1. The third-order valence-electron chi connectivity index (χ3n) is 6.34. The largest absolute Gasteiger partial charge is 0.507 e. The molecule has 0 aromatic heterocycles. The Bertz CT molecular complexity index is 685. The van der Waals surface area contributed by atoms with Crippen LogP contribution in [0.2, 0.25) is 0 Å². The van der Waals surface area contributed by atoms with Crippen molar-refractivity contribution in [2.24, 2.45) is 0 Å². The van der Waals surface area contributed by atoms with Crippen LogP contribution in [-0.4, -0.2) is 11.1 Å². The van der Waals surface area contributed by atoms with Crippen molar-refractivity contribution in [2.75, 3.05) is 0 Å². The van der Waals surface area contributed by atoms with Crippen molar-refractivity contribution in [1.82, 2.24) is 0 Å². The summed E-state index contributed by atoms with van der Waals surface area (Å²) >= 11 is 0. The van der Waals surface area contributed by atoms with Gasteiger partial charge in [0.25, 0.3) is 0 Å². The minimum Gasteiger partial charge on any atom is -0.507 e. The van der Waals surface area contributed by atoms with Gasteiger partial charge in [0.1, 0.15) is 5.75 Å². The zero-order chi connectivity index (χ0) is 23.7. The molecule has 0 radical (unpaired) electrons. The molecular weight excluding hydrogens is 384 g/mol. The molecule has 1 aromatic carbocycles. The summed E-state index contributed by atoms with van der Waals surface area (Å²) in [4.78, 5) is 12.1. The molecule has 0 bridgehead atoms. The number of carbonyl (C=O) groups is 1. The second-order valence-corrected chi connectivity index (χ2v) is 10.4. The number of phenols is 1. The monoisotopic (exact) mass is 430 g/mol. The van der Waals surface area contributed by atoms with E-state index in [0.29, 0.717) is 24.4 Å². The SMILES string of the molecule is C=C(C)OC(=O)CCc1cc(C(C)(C)CCCCC)c(O)c(C(C)(C)CCCCC)c1. The minimum absolute atomic E-state index is 0.123. The van der Waals surface area contributed by atoms with E-state index in [1.54, 1.807) is 6.92 Å². The van der Waals surface area contributed by atoms with E-state index in [2.05, 4.69) is 60.3 Å². The molecule has 0 aliphatic carbocycles. The molecule has 3 nitrogen and oxygen atoms in total. The van der Waals surface area contributed by atoms with Gasteiger partial charge in [0.05, 0.1) is 5.76 Å². The number of esters is 1. The van der Waals surface area contributed by atoms with Crippen LogP contribution in [0.3, 0.4) is 0 Å². The van der Waals surface area contributed by atoms with E-state index in [0.717, 1.165) is 42.4 Å². The van der Waals surface area contributed by atoms with Crippen molar-refractivity contribution < 1.29 is 14.6 Å². The van der Waals surface area contributed by atoms with Gasteiger partial charge in [0.2, 0.25) is 0 Å². The summed E-state index contributed by atoms with van der Waals surface area (Å²) in [7, 11) is 0. The topological polar surface area (TPSA) is 46.5 Å². The molecular formula is C28H46O3. The maximum atomic E-state index is 12.1. The maximum absolute atomic E-state index is 12.1. The Hall–Kier alpha value is -1.77. The highest BCUT2D eigenvalue weighted by molar-refractivity contribution is 5.70. The van der Waals surface area contributed by atoms with Crippen LogP contribution in [0.4, 0.5) is 0 Å². The lowest BCUT2D eigenvalue weighted by Gasteiger charge is -2.32. The van der Waals surface area contributed by atoms with Gasteiger partial charge in [-0.3, -0.25) is 4.79 Å². The molecule has 0 aliphatic rings. The first-order valence-corrected chi connectivity index (χ1v) is 12.2. The number of unbranched alkanes of at least 4 members (excludes halogenated alkanes) is 4. The lowest BCUT2D eigenvalue weighted by atomic mass is 9.73. The van der Waals surface area contributed by atoms with Crippen LogP contribution in [0.5, 0.6) is 5.75 Å². The Labute approximate surface area is 191 Å². The number of hydrogen-bond acceptors (Lipinski definition) is 3. The number of carbonyl (C=O) groups excluding carboxylic acids is 1. The Morgan fingerprint density at radius 3 is 1.77 bits per heavy atom. The van der Waals surface area contributed by atoms with E-state index in [1.165, 1.54) is 25.7 Å². The second-order valence-electron chi connectivity index (χ2n) is 10.4.